The monoisotopic (exact) mass is 276 g/mol. The Labute approximate surface area is 118 Å². The van der Waals surface area contributed by atoms with Crippen molar-refractivity contribution in [3.05, 3.63) is 40.4 Å². The van der Waals surface area contributed by atoms with Gasteiger partial charge in [0.05, 0.1) is 0 Å². The van der Waals surface area contributed by atoms with Crippen LogP contribution in [0.1, 0.15) is 32.8 Å². The summed E-state index contributed by atoms with van der Waals surface area (Å²) >= 11 is 5.82. The summed E-state index contributed by atoms with van der Waals surface area (Å²) in [6, 6.07) is 9.10. The van der Waals surface area contributed by atoms with Crippen LogP contribution in [0, 0.1) is 11.3 Å². The number of rotatable bonds is 4. The largest absolute Gasteiger partial charge is 0.349 e. The van der Waals surface area contributed by atoms with Crippen LogP contribution >= 0.6 is 11.6 Å². The quantitative estimate of drug-likeness (QED) is 0.675. The molecule has 1 unspecified atom stereocenters. The van der Waals surface area contributed by atoms with Gasteiger partial charge in [-0.2, -0.15) is 5.26 Å². The number of halogens is 1. The smallest absolute Gasteiger partial charge is 0.262 e. The zero-order chi connectivity index (χ0) is 14.4. The van der Waals surface area contributed by atoms with E-state index in [1.165, 1.54) is 0 Å². The summed E-state index contributed by atoms with van der Waals surface area (Å²) < 4.78 is 0. The van der Waals surface area contributed by atoms with Crippen LogP contribution in [0.3, 0.4) is 0 Å². The van der Waals surface area contributed by atoms with E-state index in [1.54, 1.807) is 31.2 Å². The Kier molecular flexibility index (Phi) is 5.59. The molecule has 4 heteroatoms. The SMILES string of the molecule is CCC(C)NC(=O)C(C#N)=C(C)c1ccc(Cl)cc1. The van der Waals surface area contributed by atoms with Crippen LogP contribution in [0.5, 0.6) is 0 Å². The van der Waals surface area contributed by atoms with E-state index in [-0.39, 0.29) is 17.5 Å². The highest BCUT2D eigenvalue weighted by Gasteiger charge is 2.15. The first-order valence-corrected chi connectivity index (χ1v) is 6.55. The second kappa shape index (κ2) is 6.96. The van der Waals surface area contributed by atoms with Crippen LogP contribution in [0.25, 0.3) is 5.57 Å². The molecule has 0 aliphatic heterocycles. The van der Waals surface area contributed by atoms with Gasteiger partial charge < -0.3 is 5.32 Å². The number of amides is 1. The average molecular weight is 277 g/mol. The molecule has 1 N–H and O–H groups in total. The summed E-state index contributed by atoms with van der Waals surface area (Å²) in [6.45, 7) is 5.65. The van der Waals surface area contributed by atoms with Gasteiger partial charge in [-0.3, -0.25) is 4.79 Å². The van der Waals surface area contributed by atoms with Crippen LogP contribution < -0.4 is 5.32 Å². The van der Waals surface area contributed by atoms with Crippen molar-refractivity contribution in [3.8, 4) is 6.07 Å². The molecule has 1 aromatic carbocycles. The van der Waals surface area contributed by atoms with E-state index in [0.717, 1.165) is 12.0 Å². The van der Waals surface area contributed by atoms with Gasteiger partial charge in [-0.05, 0) is 43.5 Å². The predicted molar refractivity (Wildman–Crippen MR) is 77.6 cm³/mol. The van der Waals surface area contributed by atoms with Gasteiger partial charge in [0.1, 0.15) is 11.6 Å². The minimum Gasteiger partial charge on any atom is -0.349 e. The molecular weight excluding hydrogens is 260 g/mol. The fraction of sp³-hybridized carbons (Fsp3) is 0.333. The van der Waals surface area contributed by atoms with E-state index in [1.807, 2.05) is 19.9 Å². The second-order valence-corrected chi connectivity index (χ2v) is 4.84. The van der Waals surface area contributed by atoms with Crippen molar-refractivity contribution >= 4 is 23.1 Å². The molecule has 0 saturated carbocycles. The number of carbonyl (C=O) groups is 1. The molecule has 0 spiro atoms. The summed E-state index contributed by atoms with van der Waals surface area (Å²) in [5.41, 5.74) is 1.61. The standard InChI is InChI=1S/C15H17ClN2O/c1-4-10(2)18-15(19)14(9-17)11(3)12-5-7-13(16)8-6-12/h5-8,10H,4H2,1-3H3,(H,18,19). The summed E-state index contributed by atoms with van der Waals surface area (Å²) in [6.07, 6.45) is 0.824. The van der Waals surface area contributed by atoms with Gasteiger partial charge in [0.2, 0.25) is 0 Å². The summed E-state index contributed by atoms with van der Waals surface area (Å²) in [5, 5.41) is 12.6. The van der Waals surface area contributed by atoms with Crippen molar-refractivity contribution in [2.24, 2.45) is 0 Å². The molecule has 0 aliphatic rings. The van der Waals surface area contributed by atoms with Gasteiger partial charge in [-0.25, -0.2) is 0 Å². The maximum Gasteiger partial charge on any atom is 0.262 e. The Morgan fingerprint density at radius 3 is 2.47 bits per heavy atom. The lowest BCUT2D eigenvalue weighted by Crippen LogP contribution is -2.33. The molecule has 0 radical (unpaired) electrons. The van der Waals surface area contributed by atoms with E-state index in [2.05, 4.69) is 5.32 Å². The Morgan fingerprint density at radius 1 is 1.42 bits per heavy atom. The van der Waals surface area contributed by atoms with Crippen LogP contribution in [0.2, 0.25) is 5.02 Å². The summed E-state index contributed by atoms with van der Waals surface area (Å²) in [5.74, 6) is -0.329. The van der Waals surface area contributed by atoms with Crippen LogP contribution in [0.15, 0.2) is 29.8 Å². The molecule has 0 aliphatic carbocycles. The highest BCUT2D eigenvalue weighted by molar-refractivity contribution is 6.30. The van der Waals surface area contributed by atoms with Crippen LogP contribution in [-0.2, 0) is 4.79 Å². The summed E-state index contributed by atoms with van der Waals surface area (Å²) in [7, 11) is 0. The van der Waals surface area contributed by atoms with E-state index in [0.29, 0.717) is 10.6 Å². The van der Waals surface area contributed by atoms with Gasteiger partial charge in [0, 0.05) is 11.1 Å². The van der Waals surface area contributed by atoms with Crippen molar-refractivity contribution < 1.29 is 4.79 Å². The van der Waals surface area contributed by atoms with Crippen LogP contribution in [-0.4, -0.2) is 11.9 Å². The Hall–Kier alpha value is -1.79. The minimum absolute atomic E-state index is 0.0499. The number of nitrogens with one attached hydrogen (secondary N) is 1. The molecule has 1 rings (SSSR count). The number of hydrogen-bond acceptors (Lipinski definition) is 2. The van der Waals surface area contributed by atoms with Gasteiger partial charge in [0.25, 0.3) is 5.91 Å². The molecule has 100 valence electrons. The van der Waals surface area contributed by atoms with Crippen molar-refractivity contribution in [1.82, 2.24) is 5.32 Å². The topological polar surface area (TPSA) is 52.9 Å². The van der Waals surface area contributed by atoms with Crippen molar-refractivity contribution in [1.29, 1.82) is 5.26 Å². The Balaban J connectivity index is 3.06. The first kappa shape index (κ1) is 15.3. The van der Waals surface area contributed by atoms with Crippen molar-refractivity contribution in [2.45, 2.75) is 33.2 Å². The van der Waals surface area contributed by atoms with Crippen molar-refractivity contribution in [2.75, 3.05) is 0 Å². The lowest BCUT2D eigenvalue weighted by molar-refractivity contribution is -0.117. The number of carbonyl (C=O) groups excluding carboxylic acids is 1. The predicted octanol–water partition coefficient (Wildman–Crippen LogP) is 3.55. The lowest BCUT2D eigenvalue weighted by atomic mass is 10.0. The third kappa shape index (κ3) is 4.11. The molecule has 3 nitrogen and oxygen atoms in total. The molecule has 1 amide bonds. The highest BCUT2D eigenvalue weighted by Crippen LogP contribution is 2.20. The lowest BCUT2D eigenvalue weighted by Gasteiger charge is -2.12. The van der Waals surface area contributed by atoms with Gasteiger partial charge in [-0.15, -0.1) is 0 Å². The number of nitrogens with zero attached hydrogens (tertiary/aromatic N) is 1. The van der Waals surface area contributed by atoms with Crippen molar-refractivity contribution in [3.63, 3.8) is 0 Å². The normalized spacial score (nSPS) is 13.2. The highest BCUT2D eigenvalue weighted by atomic mass is 35.5. The molecule has 1 aromatic rings. The van der Waals surface area contributed by atoms with Gasteiger partial charge in [0.15, 0.2) is 0 Å². The van der Waals surface area contributed by atoms with E-state index >= 15 is 0 Å². The first-order valence-electron chi connectivity index (χ1n) is 6.17. The molecule has 19 heavy (non-hydrogen) atoms. The third-order valence-corrected chi connectivity index (χ3v) is 3.23. The molecule has 0 aromatic heterocycles. The number of nitriles is 1. The van der Waals surface area contributed by atoms with Gasteiger partial charge >= 0.3 is 0 Å². The van der Waals surface area contributed by atoms with E-state index in [4.69, 9.17) is 11.6 Å². The molecule has 0 saturated heterocycles. The summed E-state index contributed by atoms with van der Waals surface area (Å²) in [4.78, 5) is 12.0. The molecular formula is C15H17ClN2O. The maximum absolute atomic E-state index is 12.0. The van der Waals surface area contributed by atoms with E-state index in [9.17, 15) is 10.1 Å². The second-order valence-electron chi connectivity index (χ2n) is 4.40. The molecule has 1 atom stereocenters. The fourth-order valence-corrected chi connectivity index (χ4v) is 1.67. The third-order valence-electron chi connectivity index (χ3n) is 2.98. The number of allylic oxidation sites excluding steroid dienone is 1. The molecule has 0 fully saturated rings. The number of hydrogen-bond donors (Lipinski definition) is 1. The first-order chi connectivity index (χ1) is 8.99. The Bertz CT molecular complexity index is 526. The molecule has 0 heterocycles. The maximum atomic E-state index is 12.0. The van der Waals surface area contributed by atoms with Crippen LogP contribution in [0.4, 0.5) is 0 Å². The average Bonchev–Trinajstić information content (AvgIpc) is 2.40. The number of benzene rings is 1. The zero-order valence-electron chi connectivity index (χ0n) is 11.3. The fourth-order valence-electron chi connectivity index (χ4n) is 1.55. The Morgan fingerprint density at radius 2 is 2.00 bits per heavy atom. The zero-order valence-corrected chi connectivity index (χ0v) is 12.1. The molecule has 0 bridgehead atoms. The minimum atomic E-state index is -0.329. The van der Waals surface area contributed by atoms with E-state index < -0.39 is 0 Å². The van der Waals surface area contributed by atoms with Gasteiger partial charge in [-0.1, -0.05) is 30.7 Å².